The van der Waals surface area contributed by atoms with E-state index in [4.69, 9.17) is 0 Å². The van der Waals surface area contributed by atoms with Crippen LogP contribution in [0, 0.1) is 5.41 Å². The molecule has 0 spiro atoms. The number of phenols is 1. The van der Waals surface area contributed by atoms with E-state index in [0.717, 1.165) is 19.3 Å². The number of amides is 1. The second-order valence-corrected chi connectivity index (χ2v) is 5.42. The van der Waals surface area contributed by atoms with Crippen molar-refractivity contribution in [2.24, 2.45) is 5.41 Å². The third-order valence-corrected chi connectivity index (χ3v) is 3.91. The fraction of sp³-hybridized carbons (Fsp3) is 0.467. The fourth-order valence-electron chi connectivity index (χ4n) is 2.75. The van der Waals surface area contributed by atoms with Crippen LogP contribution in [0.5, 0.6) is 5.75 Å². The maximum atomic E-state index is 12.0. The van der Waals surface area contributed by atoms with E-state index in [-0.39, 0.29) is 18.1 Å². The number of hydrogen-bond acceptors (Lipinski definition) is 3. The lowest BCUT2D eigenvalue weighted by Gasteiger charge is -2.32. The van der Waals surface area contributed by atoms with Crippen LogP contribution in [-0.2, 0) is 9.59 Å². The van der Waals surface area contributed by atoms with Crippen molar-refractivity contribution in [3.8, 4) is 5.75 Å². The Balaban J connectivity index is 2.01. The Kier molecular flexibility index (Phi) is 4.27. The van der Waals surface area contributed by atoms with E-state index >= 15 is 0 Å². The minimum atomic E-state index is -0.917. The van der Waals surface area contributed by atoms with Crippen molar-refractivity contribution in [1.29, 1.82) is 0 Å². The number of benzene rings is 1. The van der Waals surface area contributed by atoms with E-state index in [0.29, 0.717) is 18.5 Å². The van der Waals surface area contributed by atoms with Crippen molar-refractivity contribution < 1.29 is 19.8 Å². The summed E-state index contributed by atoms with van der Waals surface area (Å²) >= 11 is 0. The van der Waals surface area contributed by atoms with Crippen LogP contribution >= 0.6 is 0 Å². The van der Waals surface area contributed by atoms with Crippen LogP contribution in [0.3, 0.4) is 0 Å². The predicted molar refractivity (Wildman–Crippen MR) is 74.5 cm³/mol. The SMILES string of the molecule is O=C(CC1(C(=O)O)CCCCC1)Nc1ccc(O)cc1. The maximum absolute atomic E-state index is 12.0. The molecule has 3 N–H and O–H groups in total. The lowest BCUT2D eigenvalue weighted by atomic mass is 9.71. The summed E-state index contributed by atoms with van der Waals surface area (Å²) in [7, 11) is 0. The zero-order valence-electron chi connectivity index (χ0n) is 11.3. The predicted octanol–water partition coefficient (Wildman–Crippen LogP) is 2.76. The van der Waals surface area contributed by atoms with E-state index in [1.54, 1.807) is 12.1 Å². The Bertz CT molecular complexity index is 489. The van der Waals surface area contributed by atoms with Crippen LogP contribution in [0.4, 0.5) is 5.69 Å². The van der Waals surface area contributed by atoms with Gasteiger partial charge in [0.2, 0.25) is 5.91 Å². The van der Waals surface area contributed by atoms with Crippen molar-refractivity contribution in [3.63, 3.8) is 0 Å². The number of hydrogen-bond donors (Lipinski definition) is 3. The van der Waals surface area contributed by atoms with Crippen LogP contribution in [0.2, 0.25) is 0 Å². The molecule has 0 bridgehead atoms. The third-order valence-electron chi connectivity index (χ3n) is 3.91. The number of nitrogens with one attached hydrogen (secondary N) is 1. The summed E-state index contributed by atoms with van der Waals surface area (Å²) in [6.07, 6.45) is 3.88. The summed E-state index contributed by atoms with van der Waals surface area (Å²) in [5, 5.41) is 21.3. The van der Waals surface area contributed by atoms with E-state index in [9.17, 15) is 19.8 Å². The summed E-state index contributed by atoms with van der Waals surface area (Å²) in [6, 6.07) is 6.12. The van der Waals surface area contributed by atoms with Gasteiger partial charge < -0.3 is 15.5 Å². The van der Waals surface area contributed by atoms with Crippen LogP contribution in [0.25, 0.3) is 0 Å². The standard InChI is InChI=1S/C15H19NO4/c17-12-6-4-11(5-7-12)16-13(18)10-15(14(19)20)8-2-1-3-9-15/h4-7,17H,1-3,8-10H2,(H,16,18)(H,19,20). The molecule has 1 aliphatic rings. The lowest BCUT2D eigenvalue weighted by molar-refractivity contribution is -0.153. The van der Waals surface area contributed by atoms with Gasteiger partial charge in [0.05, 0.1) is 5.41 Å². The number of aliphatic carboxylic acids is 1. The number of aromatic hydroxyl groups is 1. The number of anilines is 1. The van der Waals surface area contributed by atoms with E-state index in [1.807, 2.05) is 0 Å². The molecule has 0 aliphatic heterocycles. The highest BCUT2D eigenvalue weighted by molar-refractivity contribution is 5.94. The van der Waals surface area contributed by atoms with Gasteiger partial charge in [-0.05, 0) is 37.1 Å². The molecule has 20 heavy (non-hydrogen) atoms. The summed E-state index contributed by atoms with van der Waals surface area (Å²) in [5.41, 5.74) is -0.358. The molecule has 0 radical (unpaired) electrons. The molecule has 0 aromatic heterocycles. The van der Waals surface area contributed by atoms with Crippen LogP contribution in [0.15, 0.2) is 24.3 Å². The molecular weight excluding hydrogens is 258 g/mol. The molecule has 0 atom stereocenters. The molecule has 5 nitrogen and oxygen atoms in total. The third kappa shape index (κ3) is 3.29. The number of phenolic OH excluding ortho intramolecular Hbond substituents is 1. The zero-order valence-corrected chi connectivity index (χ0v) is 11.3. The zero-order chi connectivity index (χ0) is 14.6. The molecular formula is C15H19NO4. The molecule has 108 valence electrons. The monoisotopic (exact) mass is 277 g/mol. The number of carboxylic acid groups (broad SMARTS) is 1. The van der Waals surface area contributed by atoms with Crippen molar-refractivity contribution in [2.75, 3.05) is 5.32 Å². The van der Waals surface area contributed by atoms with Crippen molar-refractivity contribution >= 4 is 17.6 Å². The average Bonchev–Trinajstić information content (AvgIpc) is 2.42. The molecule has 1 aliphatic carbocycles. The molecule has 0 unspecified atom stereocenters. The molecule has 1 fully saturated rings. The van der Waals surface area contributed by atoms with Gasteiger partial charge in [-0.15, -0.1) is 0 Å². The van der Waals surface area contributed by atoms with Gasteiger partial charge in [0.25, 0.3) is 0 Å². The van der Waals surface area contributed by atoms with Crippen molar-refractivity contribution in [1.82, 2.24) is 0 Å². The van der Waals surface area contributed by atoms with Crippen LogP contribution in [-0.4, -0.2) is 22.1 Å². The topological polar surface area (TPSA) is 86.6 Å². The van der Waals surface area contributed by atoms with Crippen LogP contribution in [0.1, 0.15) is 38.5 Å². The smallest absolute Gasteiger partial charge is 0.310 e. The summed E-state index contributed by atoms with van der Waals surface area (Å²) in [6.45, 7) is 0. The van der Waals surface area contributed by atoms with Crippen LogP contribution < -0.4 is 5.32 Å². The Morgan fingerprint density at radius 2 is 1.70 bits per heavy atom. The molecule has 1 aromatic carbocycles. The van der Waals surface area contributed by atoms with Crippen molar-refractivity contribution in [2.45, 2.75) is 38.5 Å². The van der Waals surface area contributed by atoms with Crippen molar-refractivity contribution in [3.05, 3.63) is 24.3 Å². The van der Waals surface area contributed by atoms with Gasteiger partial charge in [-0.1, -0.05) is 19.3 Å². The first-order chi connectivity index (χ1) is 9.52. The largest absolute Gasteiger partial charge is 0.508 e. The highest BCUT2D eigenvalue weighted by Gasteiger charge is 2.41. The van der Waals surface area contributed by atoms with E-state index < -0.39 is 11.4 Å². The maximum Gasteiger partial charge on any atom is 0.310 e. The molecule has 0 heterocycles. The Morgan fingerprint density at radius 3 is 2.25 bits per heavy atom. The quantitative estimate of drug-likeness (QED) is 0.738. The number of carboxylic acids is 1. The van der Waals surface area contributed by atoms with E-state index in [2.05, 4.69) is 5.32 Å². The first-order valence-corrected chi connectivity index (χ1v) is 6.84. The first kappa shape index (κ1) is 14.4. The van der Waals surface area contributed by atoms with Gasteiger partial charge in [-0.2, -0.15) is 0 Å². The number of carbonyl (C=O) groups excluding carboxylic acids is 1. The normalized spacial score (nSPS) is 17.4. The highest BCUT2D eigenvalue weighted by Crippen LogP contribution is 2.39. The second kappa shape index (κ2) is 5.94. The lowest BCUT2D eigenvalue weighted by Crippen LogP contribution is -2.37. The number of carbonyl (C=O) groups is 2. The van der Waals surface area contributed by atoms with Gasteiger partial charge in [-0.3, -0.25) is 9.59 Å². The fourth-order valence-corrected chi connectivity index (χ4v) is 2.75. The second-order valence-electron chi connectivity index (χ2n) is 5.42. The Hall–Kier alpha value is -2.04. The first-order valence-electron chi connectivity index (χ1n) is 6.84. The molecule has 1 amide bonds. The molecule has 5 heteroatoms. The molecule has 1 saturated carbocycles. The van der Waals surface area contributed by atoms with Gasteiger partial charge in [0.15, 0.2) is 0 Å². The van der Waals surface area contributed by atoms with Gasteiger partial charge in [-0.25, -0.2) is 0 Å². The van der Waals surface area contributed by atoms with Gasteiger partial charge >= 0.3 is 5.97 Å². The Labute approximate surface area is 117 Å². The molecule has 2 rings (SSSR count). The Morgan fingerprint density at radius 1 is 1.10 bits per heavy atom. The molecule has 0 saturated heterocycles. The minimum absolute atomic E-state index is 0.00318. The van der Waals surface area contributed by atoms with E-state index in [1.165, 1.54) is 12.1 Å². The average molecular weight is 277 g/mol. The minimum Gasteiger partial charge on any atom is -0.508 e. The number of rotatable bonds is 4. The molecule has 1 aromatic rings. The highest BCUT2D eigenvalue weighted by atomic mass is 16.4. The summed E-state index contributed by atoms with van der Waals surface area (Å²) in [4.78, 5) is 23.5. The summed E-state index contributed by atoms with van der Waals surface area (Å²) in [5.74, 6) is -1.05. The summed E-state index contributed by atoms with van der Waals surface area (Å²) < 4.78 is 0. The van der Waals surface area contributed by atoms with Gasteiger partial charge in [0, 0.05) is 12.1 Å². The van der Waals surface area contributed by atoms with Gasteiger partial charge in [0.1, 0.15) is 5.75 Å².